The molecule has 0 saturated heterocycles. The molecule has 3 rings (SSSR count). The minimum Gasteiger partial charge on any atom is -0.367 e. The summed E-state index contributed by atoms with van der Waals surface area (Å²) >= 11 is 11.9. The van der Waals surface area contributed by atoms with Crippen LogP contribution in [0.2, 0.25) is 10.0 Å². The first-order valence-corrected chi connectivity index (χ1v) is 10.1. The number of nitrogens with zero attached hydrogens (tertiary/aromatic N) is 3. The van der Waals surface area contributed by atoms with Crippen molar-refractivity contribution >= 4 is 53.2 Å². The maximum absolute atomic E-state index is 12.4. The lowest BCUT2D eigenvalue weighted by atomic mass is 9.91. The van der Waals surface area contributed by atoms with E-state index in [0.29, 0.717) is 21.7 Å². The van der Waals surface area contributed by atoms with Gasteiger partial charge in [-0.25, -0.2) is 9.97 Å². The predicted octanol–water partition coefficient (Wildman–Crippen LogP) is 4.73. The van der Waals surface area contributed by atoms with Gasteiger partial charge < -0.3 is 15.5 Å². The number of benzene rings is 1. The van der Waals surface area contributed by atoms with Crippen LogP contribution in [0.15, 0.2) is 24.3 Å². The topological polar surface area (TPSA) is 70.2 Å². The summed E-state index contributed by atoms with van der Waals surface area (Å²) in [6.45, 7) is 1.90. The summed E-state index contributed by atoms with van der Waals surface area (Å²) in [5, 5.41) is 7.45. The maximum Gasteiger partial charge on any atom is 0.251 e. The molecule has 6 nitrogen and oxygen atoms in total. The van der Waals surface area contributed by atoms with Crippen molar-refractivity contribution in [2.24, 2.45) is 0 Å². The first kappa shape index (κ1) is 23.5. The Morgan fingerprint density at radius 2 is 1.69 bits per heavy atom. The number of nitrogens with one attached hydrogen (secondary N) is 2. The Morgan fingerprint density at radius 1 is 1.03 bits per heavy atom. The van der Waals surface area contributed by atoms with Crippen LogP contribution in [-0.4, -0.2) is 42.1 Å². The SMILES string of the molecule is Cc1nc(NC2CCC(NC(=O)c3ccc(Cl)c(Cl)c3)CC2)cc(N(C)C)n1.Cl. The molecule has 1 aliphatic rings. The van der Waals surface area contributed by atoms with Crippen molar-refractivity contribution in [3.8, 4) is 0 Å². The zero-order valence-corrected chi connectivity index (χ0v) is 19.0. The van der Waals surface area contributed by atoms with Gasteiger partial charge in [-0.2, -0.15) is 0 Å². The van der Waals surface area contributed by atoms with E-state index in [1.807, 2.05) is 32.0 Å². The smallest absolute Gasteiger partial charge is 0.251 e. The summed E-state index contributed by atoms with van der Waals surface area (Å²) < 4.78 is 0. The number of hydrogen-bond donors (Lipinski definition) is 2. The Hall–Kier alpha value is -1.76. The van der Waals surface area contributed by atoms with E-state index in [1.165, 1.54) is 0 Å². The molecule has 1 heterocycles. The number of aromatic nitrogens is 2. The van der Waals surface area contributed by atoms with E-state index in [0.717, 1.165) is 43.1 Å². The monoisotopic (exact) mass is 457 g/mol. The lowest BCUT2D eigenvalue weighted by Crippen LogP contribution is -2.40. The number of amides is 1. The van der Waals surface area contributed by atoms with Crippen LogP contribution in [0.4, 0.5) is 11.6 Å². The third kappa shape index (κ3) is 6.36. The molecule has 0 aliphatic heterocycles. The van der Waals surface area contributed by atoms with Gasteiger partial charge in [-0.1, -0.05) is 23.2 Å². The first-order valence-electron chi connectivity index (χ1n) is 9.37. The van der Waals surface area contributed by atoms with Crippen LogP contribution < -0.4 is 15.5 Å². The van der Waals surface area contributed by atoms with E-state index in [2.05, 4.69) is 20.6 Å². The summed E-state index contributed by atoms with van der Waals surface area (Å²) in [6, 6.07) is 7.39. The number of carbonyl (C=O) groups excluding carboxylic acids is 1. The molecule has 0 radical (unpaired) electrons. The summed E-state index contributed by atoms with van der Waals surface area (Å²) in [5.74, 6) is 2.37. The van der Waals surface area contributed by atoms with Gasteiger partial charge in [0.1, 0.15) is 17.5 Å². The van der Waals surface area contributed by atoms with Crippen LogP contribution in [0.5, 0.6) is 0 Å². The highest BCUT2D eigenvalue weighted by atomic mass is 35.5. The predicted molar refractivity (Wildman–Crippen MR) is 122 cm³/mol. The molecule has 0 atom stereocenters. The Kier molecular flexibility index (Phi) is 8.37. The van der Waals surface area contributed by atoms with Gasteiger partial charge in [0, 0.05) is 37.8 Å². The summed E-state index contributed by atoms with van der Waals surface area (Å²) in [4.78, 5) is 23.3. The number of anilines is 2. The average Bonchev–Trinajstić information content (AvgIpc) is 2.65. The molecular weight excluding hydrogens is 433 g/mol. The molecule has 9 heteroatoms. The average molecular weight is 459 g/mol. The minimum atomic E-state index is -0.114. The van der Waals surface area contributed by atoms with Gasteiger partial charge in [0.05, 0.1) is 10.0 Å². The third-order valence-electron chi connectivity index (χ3n) is 4.88. The zero-order valence-electron chi connectivity index (χ0n) is 16.7. The van der Waals surface area contributed by atoms with Crippen molar-refractivity contribution < 1.29 is 4.79 Å². The van der Waals surface area contributed by atoms with Gasteiger partial charge in [0.15, 0.2) is 0 Å². The summed E-state index contributed by atoms with van der Waals surface area (Å²) in [7, 11) is 3.93. The molecule has 0 spiro atoms. The molecular formula is C20H26Cl3N5O. The Balaban J connectivity index is 0.00000300. The lowest BCUT2D eigenvalue weighted by Gasteiger charge is -2.30. The second-order valence-electron chi connectivity index (χ2n) is 7.35. The van der Waals surface area contributed by atoms with Gasteiger partial charge in [0.25, 0.3) is 5.91 Å². The largest absolute Gasteiger partial charge is 0.367 e. The highest BCUT2D eigenvalue weighted by molar-refractivity contribution is 6.42. The van der Waals surface area contributed by atoms with Crippen LogP contribution in [0.3, 0.4) is 0 Å². The highest BCUT2D eigenvalue weighted by Crippen LogP contribution is 2.25. The highest BCUT2D eigenvalue weighted by Gasteiger charge is 2.23. The molecule has 158 valence electrons. The van der Waals surface area contributed by atoms with Crippen LogP contribution in [-0.2, 0) is 0 Å². The van der Waals surface area contributed by atoms with Gasteiger partial charge >= 0.3 is 0 Å². The van der Waals surface area contributed by atoms with Crippen LogP contribution in [0.25, 0.3) is 0 Å². The number of rotatable bonds is 5. The molecule has 0 unspecified atom stereocenters. The number of carbonyl (C=O) groups is 1. The quantitative estimate of drug-likeness (QED) is 0.677. The fourth-order valence-corrected chi connectivity index (χ4v) is 3.65. The molecule has 1 aromatic carbocycles. The lowest BCUT2D eigenvalue weighted by molar-refractivity contribution is 0.0926. The minimum absolute atomic E-state index is 0. The van der Waals surface area contributed by atoms with E-state index >= 15 is 0 Å². The van der Waals surface area contributed by atoms with Crippen LogP contribution in [0, 0.1) is 6.92 Å². The number of hydrogen-bond acceptors (Lipinski definition) is 5. The van der Waals surface area contributed by atoms with E-state index in [1.54, 1.807) is 18.2 Å². The number of aryl methyl sites for hydroxylation is 1. The Labute approximate surface area is 187 Å². The van der Waals surface area contributed by atoms with Gasteiger partial charge in [0.2, 0.25) is 0 Å². The Morgan fingerprint density at radius 3 is 2.31 bits per heavy atom. The van der Waals surface area contributed by atoms with E-state index in [9.17, 15) is 4.79 Å². The van der Waals surface area contributed by atoms with Gasteiger partial charge in [-0.15, -0.1) is 12.4 Å². The standard InChI is InChI=1S/C20H25Cl2N5O.ClH/c1-12-23-18(11-19(24-12)27(2)3)25-14-5-7-15(8-6-14)26-20(28)13-4-9-16(21)17(22)10-13;/h4,9-11,14-15H,5-8H2,1-3H3,(H,26,28)(H,23,24,25);1H. The van der Waals surface area contributed by atoms with Crippen molar-refractivity contribution in [2.45, 2.75) is 44.7 Å². The Bertz CT molecular complexity index is 854. The molecule has 1 saturated carbocycles. The van der Waals surface area contributed by atoms with Crippen molar-refractivity contribution in [3.05, 3.63) is 45.7 Å². The third-order valence-corrected chi connectivity index (χ3v) is 5.62. The van der Waals surface area contributed by atoms with Crippen molar-refractivity contribution in [1.29, 1.82) is 0 Å². The second-order valence-corrected chi connectivity index (χ2v) is 8.16. The molecule has 1 aliphatic carbocycles. The fourth-order valence-electron chi connectivity index (χ4n) is 3.35. The molecule has 0 bridgehead atoms. The molecule has 2 aromatic rings. The van der Waals surface area contributed by atoms with Crippen LogP contribution in [0.1, 0.15) is 41.9 Å². The van der Waals surface area contributed by atoms with E-state index in [4.69, 9.17) is 23.2 Å². The van der Waals surface area contributed by atoms with Crippen molar-refractivity contribution in [3.63, 3.8) is 0 Å². The second kappa shape index (κ2) is 10.3. The molecule has 2 N–H and O–H groups in total. The maximum atomic E-state index is 12.4. The normalized spacial score (nSPS) is 18.5. The summed E-state index contributed by atoms with van der Waals surface area (Å²) in [6.07, 6.45) is 3.75. The molecule has 1 aromatic heterocycles. The van der Waals surface area contributed by atoms with Crippen LogP contribution >= 0.6 is 35.6 Å². The van der Waals surface area contributed by atoms with E-state index in [-0.39, 0.29) is 24.4 Å². The van der Waals surface area contributed by atoms with E-state index < -0.39 is 0 Å². The van der Waals surface area contributed by atoms with Crippen molar-refractivity contribution in [1.82, 2.24) is 15.3 Å². The zero-order chi connectivity index (χ0) is 20.3. The molecule has 1 amide bonds. The number of halogens is 3. The van der Waals surface area contributed by atoms with Crippen molar-refractivity contribution in [2.75, 3.05) is 24.3 Å². The van der Waals surface area contributed by atoms with Gasteiger partial charge in [-0.3, -0.25) is 4.79 Å². The van der Waals surface area contributed by atoms with Gasteiger partial charge in [-0.05, 0) is 50.8 Å². The summed E-state index contributed by atoms with van der Waals surface area (Å²) in [5.41, 5.74) is 0.530. The fraction of sp³-hybridized carbons (Fsp3) is 0.450. The molecule has 29 heavy (non-hydrogen) atoms. The first-order chi connectivity index (χ1) is 13.3. The molecule has 1 fully saturated rings.